The van der Waals surface area contributed by atoms with Gasteiger partial charge in [0.1, 0.15) is 23.9 Å². The summed E-state index contributed by atoms with van der Waals surface area (Å²) >= 11 is 8.02. The first-order chi connectivity index (χ1) is 15.3. The van der Waals surface area contributed by atoms with Crippen molar-refractivity contribution in [1.29, 1.82) is 5.26 Å². The van der Waals surface area contributed by atoms with Crippen molar-refractivity contribution in [3.05, 3.63) is 69.1 Å². The molecule has 3 heterocycles. The Bertz CT molecular complexity index is 1240. The molecule has 32 heavy (non-hydrogen) atoms. The zero-order valence-electron chi connectivity index (χ0n) is 16.7. The number of nitriles is 1. The molecule has 166 valence electrons. The van der Waals surface area contributed by atoms with Crippen molar-refractivity contribution < 1.29 is 29.9 Å². The van der Waals surface area contributed by atoms with E-state index >= 15 is 0 Å². The molecule has 0 radical (unpaired) electrons. The van der Waals surface area contributed by atoms with Crippen LogP contribution in [-0.2, 0) is 21.7 Å². The van der Waals surface area contributed by atoms with Gasteiger partial charge in [0.25, 0.3) is 0 Å². The normalized spacial score (nSPS) is 31.7. The van der Waals surface area contributed by atoms with E-state index in [2.05, 4.69) is 6.07 Å². The number of nitrogens with zero attached hydrogens (tertiary/aromatic N) is 1. The van der Waals surface area contributed by atoms with Gasteiger partial charge in [0.05, 0.1) is 24.8 Å². The van der Waals surface area contributed by atoms with Crippen LogP contribution in [0.2, 0.25) is 5.02 Å². The second kappa shape index (κ2) is 7.76. The van der Waals surface area contributed by atoms with Crippen LogP contribution in [-0.4, -0.2) is 57.6 Å². The van der Waals surface area contributed by atoms with E-state index in [1.54, 1.807) is 35.6 Å². The third kappa shape index (κ3) is 3.10. The van der Waals surface area contributed by atoms with Crippen LogP contribution in [0.25, 0.3) is 10.1 Å². The number of hydrogen-bond acceptors (Lipinski definition) is 8. The van der Waals surface area contributed by atoms with Crippen LogP contribution < -0.4 is 0 Å². The lowest BCUT2D eigenvalue weighted by atomic mass is 9.83. The van der Waals surface area contributed by atoms with Crippen molar-refractivity contribution >= 4 is 33.0 Å². The highest BCUT2D eigenvalue weighted by atomic mass is 35.5. The smallest absolute Gasteiger partial charge is 0.225 e. The molecule has 2 fully saturated rings. The van der Waals surface area contributed by atoms with Crippen LogP contribution in [0.15, 0.2) is 42.5 Å². The molecule has 2 aromatic carbocycles. The number of halogens is 1. The third-order valence-corrected chi connectivity index (χ3v) is 7.74. The van der Waals surface area contributed by atoms with Gasteiger partial charge in [-0.25, -0.2) is 0 Å². The summed E-state index contributed by atoms with van der Waals surface area (Å²) in [5.41, 5.74) is 0.238. The monoisotopic (exact) mass is 473 g/mol. The molecule has 5 atom stereocenters. The summed E-state index contributed by atoms with van der Waals surface area (Å²) in [5, 5.41) is 52.0. The quantitative estimate of drug-likeness (QED) is 0.457. The summed E-state index contributed by atoms with van der Waals surface area (Å²) in [4.78, 5) is 0.997. The Balaban J connectivity index is 1.53. The van der Waals surface area contributed by atoms with Crippen molar-refractivity contribution in [2.45, 2.75) is 36.1 Å². The highest BCUT2D eigenvalue weighted by Crippen LogP contribution is 2.50. The first kappa shape index (κ1) is 21.8. The van der Waals surface area contributed by atoms with E-state index in [4.69, 9.17) is 21.1 Å². The Kier molecular flexibility index (Phi) is 5.28. The van der Waals surface area contributed by atoms with Gasteiger partial charge in [0.2, 0.25) is 5.79 Å². The molecule has 0 amide bonds. The molecule has 7 nitrogen and oxygen atoms in total. The molecule has 0 spiro atoms. The fraction of sp³-hybridized carbons (Fsp3) is 0.348. The maximum absolute atomic E-state index is 10.7. The number of benzene rings is 2. The fourth-order valence-corrected chi connectivity index (χ4v) is 5.78. The summed E-state index contributed by atoms with van der Waals surface area (Å²) in [7, 11) is 0. The molecule has 2 aliphatic heterocycles. The largest absolute Gasteiger partial charge is 0.393 e. The lowest BCUT2D eigenvalue weighted by molar-refractivity contribution is -0.329. The maximum Gasteiger partial charge on any atom is 0.225 e. The zero-order valence-corrected chi connectivity index (χ0v) is 18.3. The molecule has 1 aromatic heterocycles. The molecule has 9 heteroatoms. The Morgan fingerprint density at radius 2 is 1.97 bits per heavy atom. The molecule has 5 rings (SSSR count). The molecule has 2 bridgehead atoms. The lowest BCUT2D eigenvalue weighted by Crippen LogP contribution is -2.65. The van der Waals surface area contributed by atoms with E-state index in [-0.39, 0.29) is 6.61 Å². The van der Waals surface area contributed by atoms with E-state index in [0.29, 0.717) is 22.6 Å². The highest BCUT2D eigenvalue weighted by molar-refractivity contribution is 7.19. The molecule has 0 unspecified atom stereocenters. The average Bonchev–Trinajstić information content (AvgIpc) is 3.39. The number of ether oxygens (including phenoxy) is 2. The van der Waals surface area contributed by atoms with Gasteiger partial charge in [0, 0.05) is 32.0 Å². The van der Waals surface area contributed by atoms with E-state index in [9.17, 15) is 25.7 Å². The molecule has 4 N–H and O–H groups in total. The molecular formula is C23H20ClNO6S. The summed E-state index contributed by atoms with van der Waals surface area (Å²) in [6.45, 7) is -0.771. The number of aliphatic hydroxyl groups excluding tert-OH is 4. The lowest BCUT2D eigenvalue weighted by Gasteiger charge is -2.46. The van der Waals surface area contributed by atoms with Gasteiger partial charge in [-0.1, -0.05) is 23.7 Å². The van der Waals surface area contributed by atoms with E-state index in [0.717, 1.165) is 20.5 Å². The zero-order chi connectivity index (χ0) is 22.7. The van der Waals surface area contributed by atoms with Crippen LogP contribution in [0, 0.1) is 11.3 Å². The molecule has 0 aliphatic carbocycles. The minimum Gasteiger partial charge on any atom is -0.393 e. The summed E-state index contributed by atoms with van der Waals surface area (Å²) in [6.07, 6.45) is -4.17. The van der Waals surface area contributed by atoms with Crippen LogP contribution in [0.4, 0.5) is 0 Å². The predicted molar refractivity (Wildman–Crippen MR) is 117 cm³/mol. The average molecular weight is 474 g/mol. The second-order valence-electron chi connectivity index (χ2n) is 8.19. The van der Waals surface area contributed by atoms with Gasteiger partial charge in [0.15, 0.2) is 0 Å². The number of hydrogen-bond donors (Lipinski definition) is 4. The minimum atomic E-state index is -1.74. The van der Waals surface area contributed by atoms with Gasteiger partial charge < -0.3 is 29.9 Å². The van der Waals surface area contributed by atoms with Gasteiger partial charge in [-0.3, -0.25) is 0 Å². The standard InChI is InChI=1S/C23H20ClNO6S/c24-17-5-4-14(23-21(29)19(27)20(28)22(10-26,31-23)11-30-23)6-13(17)7-15-8-16-12(9-25)2-1-3-18(16)32-15/h1-6,8,19-21,26-29H,7,10-11H2/t19-,20-,21+,22-,23-/m0/s1. The number of aliphatic hydroxyl groups is 4. The molecular weight excluding hydrogens is 454 g/mol. The third-order valence-electron chi connectivity index (χ3n) is 6.27. The molecule has 3 aromatic rings. The van der Waals surface area contributed by atoms with Crippen molar-refractivity contribution in [2.24, 2.45) is 0 Å². The van der Waals surface area contributed by atoms with Gasteiger partial charge in [-0.15, -0.1) is 11.3 Å². The highest BCUT2D eigenvalue weighted by Gasteiger charge is 2.67. The van der Waals surface area contributed by atoms with Crippen LogP contribution in [0.1, 0.15) is 21.6 Å². The fourth-order valence-electron chi connectivity index (χ4n) is 4.49. The van der Waals surface area contributed by atoms with Crippen LogP contribution in [0.5, 0.6) is 0 Å². The van der Waals surface area contributed by atoms with Gasteiger partial charge >= 0.3 is 0 Å². The Hall–Kier alpha value is -2.06. The number of fused-ring (bicyclic) bond motifs is 3. The Morgan fingerprint density at radius 3 is 2.72 bits per heavy atom. The Morgan fingerprint density at radius 1 is 1.16 bits per heavy atom. The topological polar surface area (TPSA) is 123 Å². The van der Waals surface area contributed by atoms with Crippen molar-refractivity contribution in [3.8, 4) is 6.07 Å². The van der Waals surface area contributed by atoms with E-state index in [1.807, 2.05) is 18.2 Å². The summed E-state index contributed by atoms with van der Waals surface area (Å²) < 4.78 is 12.7. The van der Waals surface area contributed by atoms with Gasteiger partial charge in [-0.05, 0) is 35.9 Å². The van der Waals surface area contributed by atoms with Crippen LogP contribution in [0.3, 0.4) is 0 Å². The molecule has 2 aliphatic rings. The first-order valence-electron chi connectivity index (χ1n) is 10.0. The Labute approximate surface area is 192 Å². The number of thiophene rings is 1. The molecule has 2 saturated heterocycles. The van der Waals surface area contributed by atoms with Crippen molar-refractivity contribution in [3.63, 3.8) is 0 Å². The second-order valence-corrected chi connectivity index (χ2v) is 9.76. The van der Waals surface area contributed by atoms with Crippen LogP contribution >= 0.6 is 22.9 Å². The molecule has 0 saturated carbocycles. The maximum atomic E-state index is 10.7. The van der Waals surface area contributed by atoms with E-state index in [1.165, 1.54) is 0 Å². The van der Waals surface area contributed by atoms with Gasteiger partial charge in [-0.2, -0.15) is 5.26 Å². The summed E-state index contributed by atoms with van der Waals surface area (Å²) in [6, 6.07) is 14.8. The summed E-state index contributed by atoms with van der Waals surface area (Å²) in [5.74, 6) is -1.74. The minimum absolute atomic E-state index is 0.190. The van der Waals surface area contributed by atoms with E-state index < -0.39 is 36.3 Å². The number of rotatable bonds is 4. The van der Waals surface area contributed by atoms with Crippen molar-refractivity contribution in [1.82, 2.24) is 0 Å². The SMILES string of the molecule is N#Cc1cccc2sc(Cc3cc([C@]45OC[C@](CO)(O4)[C@@H](O)[C@H](O)[C@H]5O)ccc3Cl)cc12. The predicted octanol–water partition coefficient (Wildman–Crippen LogP) is 2.04. The first-order valence-corrected chi connectivity index (χ1v) is 11.2. The van der Waals surface area contributed by atoms with Crippen molar-refractivity contribution in [2.75, 3.05) is 13.2 Å².